The molecule has 104 valence electrons. The molecule has 0 spiro atoms. The van der Waals surface area contributed by atoms with Gasteiger partial charge in [0, 0.05) is 12.5 Å². The number of ketones is 1. The summed E-state index contributed by atoms with van der Waals surface area (Å²) >= 11 is 0. The molecule has 1 aliphatic heterocycles. The topological polar surface area (TPSA) is 35.5 Å². The van der Waals surface area contributed by atoms with Crippen LogP contribution in [-0.2, 0) is 9.53 Å². The van der Waals surface area contributed by atoms with E-state index < -0.39 is 0 Å². The van der Waals surface area contributed by atoms with Gasteiger partial charge in [-0.1, -0.05) is 32.0 Å². The molecule has 1 heterocycles. The Hall–Kier alpha value is -1.35. The summed E-state index contributed by atoms with van der Waals surface area (Å²) in [4.78, 5) is 12.0. The standard InChI is InChI=1S/C16H22O3/c1-3-12(2)14-6-4-5-7-16(14)19-11-15(17)13-8-9-18-10-13/h4-7,12-13H,3,8-11H2,1-2H3. The second-order valence-corrected chi connectivity index (χ2v) is 5.16. The fourth-order valence-corrected chi connectivity index (χ4v) is 2.29. The Bertz CT molecular complexity index is 422. The summed E-state index contributed by atoms with van der Waals surface area (Å²) in [5, 5.41) is 0. The van der Waals surface area contributed by atoms with Crippen LogP contribution < -0.4 is 4.74 Å². The summed E-state index contributed by atoms with van der Waals surface area (Å²) in [6.45, 7) is 5.73. The first-order valence-corrected chi connectivity index (χ1v) is 7.04. The van der Waals surface area contributed by atoms with E-state index >= 15 is 0 Å². The van der Waals surface area contributed by atoms with E-state index in [1.807, 2.05) is 18.2 Å². The van der Waals surface area contributed by atoms with Crippen LogP contribution >= 0.6 is 0 Å². The van der Waals surface area contributed by atoms with Crippen LogP contribution in [0.4, 0.5) is 0 Å². The van der Waals surface area contributed by atoms with E-state index in [0.29, 0.717) is 19.1 Å². The average Bonchev–Trinajstić information content (AvgIpc) is 2.98. The van der Waals surface area contributed by atoms with E-state index in [4.69, 9.17) is 9.47 Å². The smallest absolute Gasteiger partial charge is 0.175 e. The van der Waals surface area contributed by atoms with E-state index in [-0.39, 0.29) is 18.3 Å². The number of carbonyl (C=O) groups is 1. The van der Waals surface area contributed by atoms with Crippen LogP contribution in [0, 0.1) is 5.92 Å². The van der Waals surface area contributed by atoms with Crippen LogP contribution in [-0.4, -0.2) is 25.6 Å². The third-order valence-corrected chi connectivity index (χ3v) is 3.82. The normalized spacial score (nSPS) is 20.2. The second-order valence-electron chi connectivity index (χ2n) is 5.16. The first-order chi connectivity index (χ1) is 9.22. The van der Waals surface area contributed by atoms with Gasteiger partial charge in [-0.05, 0) is 30.4 Å². The van der Waals surface area contributed by atoms with Gasteiger partial charge in [-0.25, -0.2) is 0 Å². The Balaban J connectivity index is 1.97. The number of benzene rings is 1. The fraction of sp³-hybridized carbons (Fsp3) is 0.562. The van der Waals surface area contributed by atoms with E-state index in [0.717, 1.165) is 18.6 Å². The van der Waals surface area contributed by atoms with Crippen molar-refractivity contribution >= 4 is 5.78 Å². The summed E-state index contributed by atoms with van der Waals surface area (Å²) in [7, 11) is 0. The highest BCUT2D eigenvalue weighted by molar-refractivity contribution is 5.82. The Kier molecular flexibility index (Phi) is 4.97. The molecular weight excluding hydrogens is 240 g/mol. The van der Waals surface area contributed by atoms with Crippen molar-refractivity contribution in [3.63, 3.8) is 0 Å². The van der Waals surface area contributed by atoms with E-state index in [1.54, 1.807) is 0 Å². The third-order valence-electron chi connectivity index (χ3n) is 3.82. The van der Waals surface area contributed by atoms with Crippen LogP contribution in [0.25, 0.3) is 0 Å². The zero-order valence-corrected chi connectivity index (χ0v) is 11.7. The van der Waals surface area contributed by atoms with Gasteiger partial charge >= 0.3 is 0 Å². The number of carbonyl (C=O) groups excluding carboxylic acids is 1. The predicted molar refractivity (Wildman–Crippen MR) is 74.6 cm³/mol. The van der Waals surface area contributed by atoms with Gasteiger partial charge in [0.15, 0.2) is 5.78 Å². The molecule has 0 aromatic heterocycles. The van der Waals surface area contributed by atoms with Gasteiger partial charge in [-0.2, -0.15) is 0 Å². The molecule has 1 aliphatic rings. The summed E-state index contributed by atoms with van der Waals surface area (Å²) in [6.07, 6.45) is 1.89. The molecule has 19 heavy (non-hydrogen) atoms. The van der Waals surface area contributed by atoms with Crippen LogP contribution in [0.1, 0.15) is 38.2 Å². The molecule has 2 unspecified atom stereocenters. The maximum Gasteiger partial charge on any atom is 0.175 e. The van der Waals surface area contributed by atoms with Crippen molar-refractivity contribution in [2.75, 3.05) is 19.8 Å². The van der Waals surface area contributed by atoms with Crippen molar-refractivity contribution in [1.29, 1.82) is 0 Å². The molecule has 1 aromatic carbocycles. The maximum atomic E-state index is 12.0. The Labute approximate surface area is 114 Å². The SMILES string of the molecule is CCC(C)c1ccccc1OCC(=O)C1CCOC1. The summed E-state index contributed by atoms with van der Waals surface area (Å²) in [5.74, 6) is 1.46. The lowest BCUT2D eigenvalue weighted by atomic mass is 9.98. The molecule has 1 fully saturated rings. The van der Waals surface area contributed by atoms with Gasteiger partial charge in [0.05, 0.1) is 6.61 Å². The molecule has 0 aliphatic carbocycles. The first kappa shape index (κ1) is 14.1. The summed E-state index contributed by atoms with van der Waals surface area (Å²) < 4.78 is 11.0. The number of hydrogen-bond donors (Lipinski definition) is 0. The third kappa shape index (κ3) is 3.57. The van der Waals surface area contributed by atoms with Crippen molar-refractivity contribution in [1.82, 2.24) is 0 Å². The van der Waals surface area contributed by atoms with Crippen LogP contribution in [0.5, 0.6) is 5.75 Å². The Morgan fingerprint density at radius 3 is 2.95 bits per heavy atom. The van der Waals surface area contributed by atoms with Crippen molar-refractivity contribution in [2.45, 2.75) is 32.6 Å². The lowest BCUT2D eigenvalue weighted by Crippen LogP contribution is -2.22. The molecule has 0 amide bonds. The highest BCUT2D eigenvalue weighted by Gasteiger charge is 2.24. The van der Waals surface area contributed by atoms with Gasteiger partial charge < -0.3 is 9.47 Å². The molecule has 1 saturated heterocycles. The number of rotatable bonds is 6. The number of para-hydroxylation sites is 1. The minimum atomic E-state index is 0.0239. The first-order valence-electron chi connectivity index (χ1n) is 7.04. The zero-order valence-electron chi connectivity index (χ0n) is 11.7. The van der Waals surface area contributed by atoms with Gasteiger partial charge in [-0.15, -0.1) is 0 Å². The highest BCUT2D eigenvalue weighted by atomic mass is 16.5. The van der Waals surface area contributed by atoms with Crippen molar-refractivity contribution in [3.05, 3.63) is 29.8 Å². The molecular formula is C16H22O3. The zero-order chi connectivity index (χ0) is 13.7. The van der Waals surface area contributed by atoms with Crippen molar-refractivity contribution in [3.8, 4) is 5.75 Å². The number of hydrogen-bond acceptors (Lipinski definition) is 3. The average molecular weight is 262 g/mol. The number of Topliss-reactive ketones (excluding diaryl/α,β-unsaturated/α-hetero) is 1. The molecule has 2 atom stereocenters. The molecule has 0 saturated carbocycles. The van der Waals surface area contributed by atoms with Gasteiger partial charge in [0.2, 0.25) is 0 Å². The Morgan fingerprint density at radius 1 is 1.47 bits per heavy atom. The predicted octanol–water partition coefficient (Wildman–Crippen LogP) is 3.18. The second kappa shape index (κ2) is 6.71. The largest absolute Gasteiger partial charge is 0.486 e. The molecule has 0 N–H and O–H groups in total. The highest BCUT2D eigenvalue weighted by Crippen LogP contribution is 2.28. The van der Waals surface area contributed by atoms with E-state index in [1.165, 1.54) is 5.56 Å². The van der Waals surface area contributed by atoms with E-state index in [2.05, 4.69) is 19.9 Å². The monoisotopic (exact) mass is 262 g/mol. The minimum Gasteiger partial charge on any atom is -0.486 e. The van der Waals surface area contributed by atoms with Gasteiger partial charge in [-0.3, -0.25) is 4.79 Å². The van der Waals surface area contributed by atoms with Crippen LogP contribution in [0.15, 0.2) is 24.3 Å². The minimum absolute atomic E-state index is 0.0239. The molecule has 1 aromatic rings. The molecule has 2 rings (SSSR count). The lowest BCUT2D eigenvalue weighted by Gasteiger charge is -2.16. The molecule has 0 bridgehead atoms. The molecule has 3 heteroatoms. The summed E-state index contributed by atoms with van der Waals surface area (Å²) in [5.41, 5.74) is 1.18. The van der Waals surface area contributed by atoms with Gasteiger partial charge in [0.1, 0.15) is 12.4 Å². The maximum absolute atomic E-state index is 12.0. The van der Waals surface area contributed by atoms with Crippen molar-refractivity contribution < 1.29 is 14.3 Å². The quantitative estimate of drug-likeness (QED) is 0.790. The lowest BCUT2D eigenvalue weighted by molar-refractivity contribution is -0.124. The summed E-state index contributed by atoms with van der Waals surface area (Å²) in [6, 6.07) is 7.98. The van der Waals surface area contributed by atoms with Crippen LogP contribution in [0.3, 0.4) is 0 Å². The van der Waals surface area contributed by atoms with Crippen LogP contribution in [0.2, 0.25) is 0 Å². The molecule has 3 nitrogen and oxygen atoms in total. The fourth-order valence-electron chi connectivity index (χ4n) is 2.29. The Morgan fingerprint density at radius 2 is 2.26 bits per heavy atom. The molecule has 0 radical (unpaired) electrons. The van der Waals surface area contributed by atoms with Crippen molar-refractivity contribution in [2.24, 2.45) is 5.92 Å². The van der Waals surface area contributed by atoms with Gasteiger partial charge in [0.25, 0.3) is 0 Å². The van der Waals surface area contributed by atoms with E-state index in [9.17, 15) is 4.79 Å². The number of ether oxygens (including phenoxy) is 2.